The van der Waals surface area contributed by atoms with Crippen molar-refractivity contribution in [1.82, 2.24) is 0 Å². The Balaban J connectivity index is 1.40. The molecular weight excluding hydrogens is 296 g/mol. The predicted molar refractivity (Wildman–Crippen MR) is 94.3 cm³/mol. The van der Waals surface area contributed by atoms with Crippen LogP contribution in [0.25, 0.3) is 0 Å². The monoisotopic (exact) mass is 314 g/mol. The third-order valence-electron chi connectivity index (χ3n) is 5.01. The van der Waals surface area contributed by atoms with Crippen LogP contribution in [-0.2, 0) is 25.7 Å². The maximum Gasteiger partial charge on any atom is 0.131 e. The van der Waals surface area contributed by atoms with Crippen molar-refractivity contribution in [2.24, 2.45) is 0 Å². The molecule has 0 aliphatic heterocycles. The van der Waals surface area contributed by atoms with E-state index in [1.807, 2.05) is 36.4 Å². The molecule has 2 heteroatoms. The lowest BCUT2D eigenvalue weighted by Crippen LogP contribution is -2.09. The summed E-state index contributed by atoms with van der Waals surface area (Å²) in [7, 11) is 0. The second-order valence-electron chi connectivity index (χ2n) is 6.47. The first-order chi connectivity index (χ1) is 11.9. The van der Waals surface area contributed by atoms with E-state index in [4.69, 9.17) is 9.47 Å². The number of benzene rings is 3. The minimum absolute atomic E-state index is 0.822. The summed E-state index contributed by atoms with van der Waals surface area (Å²) in [4.78, 5) is 0. The fraction of sp³-hybridized carbons (Fsp3) is 0.182. The van der Waals surface area contributed by atoms with Gasteiger partial charge in [0.05, 0.1) is 0 Å². The molecule has 0 saturated heterocycles. The number of rotatable bonds is 4. The van der Waals surface area contributed by atoms with Crippen molar-refractivity contribution >= 4 is 0 Å². The molecule has 24 heavy (non-hydrogen) atoms. The number of hydrogen-bond donors (Lipinski definition) is 0. The highest BCUT2D eigenvalue weighted by Crippen LogP contribution is 2.37. The van der Waals surface area contributed by atoms with E-state index < -0.39 is 0 Å². The molecule has 2 nitrogen and oxygen atoms in total. The standard InChI is InChI=1S/C22H18O2/c1-4-15-10-12-19(15)21(8-1)23-17-6-3-7-18(14-17)24-22-9-2-5-16-11-13-20(16)22/h1-9,14H,10-13H2. The molecule has 3 aromatic carbocycles. The average Bonchev–Trinajstić information content (AvgIpc) is 2.51. The molecule has 0 amide bonds. The second kappa shape index (κ2) is 5.41. The van der Waals surface area contributed by atoms with E-state index in [0.717, 1.165) is 48.7 Å². The van der Waals surface area contributed by atoms with E-state index in [-0.39, 0.29) is 0 Å². The Kier molecular flexibility index (Phi) is 3.08. The van der Waals surface area contributed by atoms with Crippen molar-refractivity contribution in [1.29, 1.82) is 0 Å². The molecule has 0 aromatic heterocycles. The molecule has 2 aliphatic rings. The summed E-state index contributed by atoms with van der Waals surface area (Å²) in [5.74, 6) is 3.59. The van der Waals surface area contributed by atoms with Gasteiger partial charge in [0.2, 0.25) is 0 Å². The highest BCUT2D eigenvalue weighted by atomic mass is 16.5. The number of aryl methyl sites for hydroxylation is 2. The lowest BCUT2D eigenvalue weighted by molar-refractivity contribution is 0.449. The van der Waals surface area contributed by atoms with Crippen LogP contribution in [0.15, 0.2) is 60.7 Å². The van der Waals surface area contributed by atoms with E-state index in [9.17, 15) is 0 Å². The van der Waals surface area contributed by atoms with Gasteiger partial charge in [-0.1, -0.05) is 30.3 Å². The van der Waals surface area contributed by atoms with Crippen LogP contribution >= 0.6 is 0 Å². The van der Waals surface area contributed by atoms with Crippen molar-refractivity contribution in [2.45, 2.75) is 25.7 Å². The highest BCUT2D eigenvalue weighted by Gasteiger charge is 2.19. The Morgan fingerprint density at radius 3 is 1.50 bits per heavy atom. The van der Waals surface area contributed by atoms with Crippen LogP contribution < -0.4 is 9.47 Å². The van der Waals surface area contributed by atoms with Crippen molar-refractivity contribution in [3.8, 4) is 23.0 Å². The van der Waals surface area contributed by atoms with Crippen molar-refractivity contribution < 1.29 is 9.47 Å². The summed E-state index contributed by atoms with van der Waals surface area (Å²) in [5.41, 5.74) is 5.49. The number of ether oxygens (including phenoxy) is 2. The molecule has 0 radical (unpaired) electrons. The largest absolute Gasteiger partial charge is 0.457 e. The highest BCUT2D eigenvalue weighted by molar-refractivity contribution is 5.50. The predicted octanol–water partition coefficient (Wildman–Crippen LogP) is 5.47. The topological polar surface area (TPSA) is 18.5 Å². The van der Waals surface area contributed by atoms with Gasteiger partial charge in [0.15, 0.2) is 0 Å². The van der Waals surface area contributed by atoms with Gasteiger partial charge in [-0.05, 0) is 72.2 Å². The van der Waals surface area contributed by atoms with E-state index in [1.54, 1.807) is 0 Å². The van der Waals surface area contributed by atoms with Crippen molar-refractivity contribution in [3.63, 3.8) is 0 Å². The first kappa shape index (κ1) is 13.7. The van der Waals surface area contributed by atoms with Gasteiger partial charge in [-0.25, -0.2) is 0 Å². The number of hydrogen-bond acceptors (Lipinski definition) is 2. The first-order valence-corrected chi connectivity index (χ1v) is 8.54. The summed E-state index contributed by atoms with van der Waals surface area (Å²) >= 11 is 0. The van der Waals surface area contributed by atoms with E-state index >= 15 is 0 Å². The summed E-state index contributed by atoms with van der Waals surface area (Å²) < 4.78 is 12.2. The summed E-state index contributed by atoms with van der Waals surface area (Å²) in [6.45, 7) is 0. The Labute approximate surface area is 141 Å². The van der Waals surface area contributed by atoms with E-state index in [1.165, 1.54) is 22.3 Å². The van der Waals surface area contributed by atoms with Gasteiger partial charge in [-0.3, -0.25) is 0 Å². The third-order valence-corrected chi connectivity index (χ3v) is 5.01. The molecule has 0 heterocycles. The van der Waals surface area contributed by atoms with Crippen LogP contribution in [0.4, 0.5) is 0 Å². The average molecular weight is 314 g/mol. The Hall–Kier alpha value is -2.74. The maximum absolute atomic E-state index is 6.11. The van der Waals surface area contributed by atoms with E-state index in [2.05, 4.69) is 24.3 Å². The van der Waals surface area contributed by atoms with Crippen LogP contribution in [0.3, 0.4) is 0 Å². The number of fused-ring (bicyclic) bond motifs is 2. The maximum atomic E-state index is 6.11. The molecule has 0 atom stereocenters. The zero-order valence-corrected chi connectivity index (χ0v) is 13.4. The molecule has 0 spiro atoms. The summed E-state index contributed by atoms with van der Waals surface area (Å²) in [5, 5.41) is 0. The Morgan fingerprint density at radius 2 is 1.04 bits per heavy atom. The molecule has 0 bridgehead atoms. The van der Waals surface area contributed by atoms with Gasteiger partial charge < -0.3 is 9.47 Å². The quantitative estimate of drug-likeness (QED) is 0.636. The van der Waals surface area contributed by atoms with Gasteiger partial charge in [0.1, 0.15) is 23.0 Å². The summed E-state index contributed by atoms with van der Waals surface area (Å²) in [6.07, 6.45) is 4.54. The normalized spacial score (nSPS) is 14.0. The molecule has 0 N–H and O–H groups in total. The van der Waals surface area contributed by atoms with Crippen molar-refractivity contribution in [2.75, 3.05) is 0 Å². The minimum atomic E-state index is 0.822. The summed E-state index contributed by atoms with van der Waals surface area (Å²) in [6, 6.07) is 20.5. The van der Waals surface area contributed by atoms with Crippen molar-refractivity contribution in [3.05, 3.63) is 82.9 Å². The third kappa shape index (κ3) is 2.26. The van der Waals surface area contributed by atoms with Crippen LogP contribution in [0, 0.1) is 0 Å². The SMILES string of the molecule is c1cc(Oc2cccc3c2CC3)cc(Oc2cccc3c2CC3)c1. The van der Waals surface area contributed by atoms with Crippen LogP contribution in [0.5, 0.6) is 23.0 Å². The molecule has 5 rings (SSSR count). The fourth-order valence-corrected chi connectivity index (χ4v) is 3.47. The van der Waals surface area contributed by atoms with Gasteiger partial charge in [-0.15, -0.1) is 0 Å². The Morgan fingerprint density at radius 1 is 0.542 bits per heavy atom. The smallest absolute Gasteiger partial charge is 0.131 e. The Bertz CT molecular complexity index is 854. The van der Waals surface area contributed by atoms with Crippen LogP contribution in [0.1, 0.15) is 22.3 Å². The molecule has 0 saturated carbocycles. The van der Waals surface area contributed by atoms with Gasteiger partial charge in [0, 0.05) is 6.07 Å². The molecule has 2 aliphatic carbocycles. The lowest BCUT2D eigenvalue weighted by atomic mass is 9.88. The lowest BCUT2D eigenvalue weighted by Gasteiger charge is -2.23. The second-order valence-corrected chi connectivity index (χ2v) is 6.47. The van der Waals surface area contributed by atoms with Gasteiger partial charge >= 0.3 is 0 Å². The van der Waals surface area contributed by atoms with Gasteiger partial charge in [-0.2, -0.15) is 0 Å². The van der Waals surface area contributed by atoms with E-state index in [0.29, 0.717) is 0 Å². The zero-order chi connectivity index (χ0) is 15.9. The molecule has 3 aromatic rings. The zero-order valence-electron chi connectivity index (χ0n) is 13.4. The van der Waals surface area contributed by atoms with Crippen LogP contribution in [-0.4, -0.2) is 0 Å². The molecular formula is C22H18O2. The molecule has 0 unspecified atom stereocenters. The fourth-order valence-electron chi connectivity index (χ4n) is 3.47. The van der Waals surface area contributed by atoms with Gasteiger partial charge in [0.25, 0.3) is 0 Å². The minimum Gasteiger partial charge on any atom is -0.457 e. The molecule has 118 valence electrons. The first-order valence-electron chi connectivity index (χ1n) is 8.54. The molecule has 0 fully saturated rings. The van der Waals surface area contributed by atoms with Crippen LogP contribution in [0.2, 0.25) is 0 Å².